The second kappa shape index (κ2) is 9.52. The lowest BCUT2D eigenvalue weighted by Crippen LogP contribution is -2.67. The molecule has 4 aliphatic heterocycles. The molecule has 3 fully saturated rings. The van der Waals surface area contributed by atoms with Crippen molar-refractivity contribution in [3.8, 4) is 22.9 Å². The number of nitrogens with zero attached hydrogens (tertiary/aromatic N) is 4. The summed E-state index contributed by atoms with van der Waals surface area (Å²) in [4.78, 5) is 14.0. The number of hydrogen-bond donors (Lipinski definition) is 2. The summed E-state index contributed by atoms with van der Waals surface area (Å²) < 4.78 is 82.5. The molecule has 0 radical (unpaired) electrons. The lowest BCUT2D eigenvalue weighted by atomic mass is 9.89. The van der Waals surface area contributed by atoms with Crippen LogP contribution in [0, 0.1) is 18.6 Å². The first kappa shape index (κ1) is 28.3. The second-order valence-electron chi connectivity index (χ2n) is 12.5. The molecular weight excluding hydrogens is 571 g/mol. The highest BCUT2D eigenvalue weighted by Crippen LogP contribution is 2.49. The van der Waals surface area contributed by atoms with Gasteiger partial charge in [0.15, 0.2) is 17.4 Å². The maximum absolute atomic E-state index is 16.9. The Kier molecular flexibility index (Phi) is 6.27. The number of anilines is 2. The van der Waals surface area contributed by atoms with Crippen molar-refractivity contribution in [1.82, 2.24) is 20.2 Å². The summed E-state index contributed by atoms with van der Waals surface area (Å²) in [5.74, 6) is -2.88. The van der Waals surface area contributed by atoms with Crippen molar-refractivity contribution >= 4 is 22.3 Å². The van der Waals surface area contributed by atoms with Gasteiger partial charge in [-0.05, 0) is 51.8 Å². The van der Waals surface area contributed by atoms with Crippen molar-refractivity contribution in [2.24, 2.45) is 0 Å². The van der Waals surface area contributed by atoms with Gasteiger partial charge in [-0.25, -0.2) is 18.7 Å². The van der Waals surface area contributed by atoms with Crippen LogP contribution >= 0.6 is 0 Å². The van der Waals surface area contributed by atoms with Crippen molar-refractivity contribution < 1.29 is 31.4 Å². The third kappa shape index (κ3) is 4.37. The Bertz CT molecular complexity index is 1640. The van der Waals surface area contributed by atoms with Gasteiger partial charge in [-0.2, -0.15) is 0 Å². The lowest BCUT2D eigenvalue weighted by Gasteiger charge is -2.48. The molecular formula is C30H33F5N6O2. The van der Waals surface area contributed by atoms with Crippen molar-refractivity contribution in [2.45, 2.75) is 76.0 Å². The number of piperazine rings is 1. The highest BCUT2D eigenvalue weighted by atomic mass is 19.4. The average molecular weight is 605 g/mol. The number of aromatic nitrogens is 2. The van der Waals surface area contributed by atoms with Gasteiger partial charge in [0.05, 0.1) is 22.7 Å². The van der Waals surface area contributed by atoms with E-state index < -0.39 is 41.1 Å². The summed E-state index contributed by atoms with van der Waals surface area (Å²) in [7, 11) is 1.99. The minimum Gasteiger partial charge on any atom is -0.472 e. The fraction of sp³-hybridized carbons (Fsp3) is 0.533. The number of benzene rings is 1. The molecule has 8 nitrogen and oxygen atoms in total. The quantitative estimate of drug-likeness (QED) is 0.308. The monoisotopic (exact) mass is 604 g/mol. The molecule has 4 atom stereocenters. The molecule has 3 N–H and O–H groups in total. The number of nitrogen functional groups attached to an aromatic ring is 1. The Morgan fingerprint density at radius 2 is 1.93 bits per heavy atom. The number of rotatable bonds is 4. The number of pyridine rings is 2. The first-order valence-electron chi connectivity index (χ1n) is 14.6. The Morgan fingerprint density at radius 3 is 2.60 bits per heavy atom. The van der Waals surface area contributed by atoms with Crippen LogP contribution in [0.2, 0.25) is 0 Å². The molecule has 7 rings (SSSR count). The zero-order chi connectivity index (χ0) is 30.6. The van der Waals surface area contributed by atoms with Gasteiger partial charge in [0.1, 0.15) is 17.6 Å². The molecule has 0 saturated carbocycles. The van der Waals surface area contributed by atoms with Crippen LogP contribution in [-0.4, -0.2) is 71.6 Å². The van der Waals surface area contributed by atoms with Crippen LogP contribution in [0.4, 0.5) is 33.5 Å². The van der Waals surface area contributed by atoms with Crippen LogP contribution in [-0.2, 0) is 0 Å². The summed E-state index contributed by atoms with van der Waals surface area (Å²) in [5, 5.41) is 4.31. The van der Waals surface area contributed by atoms with E-state index in [1.807, 2.05) is 14.0 Å². The first-order chi connectivity index (χ1) is 20.3. The van der Waals surface area contributed by atoms with E-state index in [-0.39, 0.29) is 40.5 Å². The van der Waals surface area contributed by atoms with Crippen molar-refractivity contribution in [1.29, 1.82) is 0 Å². The summed E-state index contributed by atoms with van der Waals surface area (Å²) in [5.41, 5.74) is 5.65. The molecule has 0 unspecified atom stereocenters. The minimum absolute atomic E-state index is 0.0263. The molecule has 0 aliphatic carbocycles. The number of alkyl halides is 3. The van der Waals surface area contributed by atoms with E-state index >= 15 is 4.39 Å². The number of likely N-dealkylation sites (N-methyl/N-ethyl adjacent to an activating group) is 1. The maximum atomic E-state index is 16.9. The zero-order valence-corrected chi connectivity index (χ0v) is 24.3. The Hall–Kier alpha value is -3.45. The van der Waals surface area contributed by atoms with Gasteiger partial charge in [-0.3, -0.25) is 0 Å². The summed E-state index contributed by atoms with van der Waals surface area (Å²) in [6.45, 7) is 7.91. The number of aryl methyl sites for hydroxylation is 1. The molecule has 3 aromatic rings. The van der Waals surface area contributed by atoms with Crippen molar-refractivity contribution in [3.05, 3.63) is 35.0 Å². The SMILES string of the molecule is CC[C@]12CC[C@H](N1)[C@H]1[C@H](C)Oc3nc(-c4cc(N)cc(F)c4OC(F)(F)F)c(F)c4c(C)c(C5CN(C)C5)nc(c34)N1C2. The standard InChI is InChI=1S/C30H33F5N6O2/c1-5-29-7-6-19(39-29)25-14(3)42-28-21-20(13(2)23(15-10-40(4)11-15)37-27(21)41(25)12-29)22(32)24(38-28)17-8-16(36)9-18(31)26(17)43-30(33,34)35/h8-9,14-15,19,25,39H,5-7,10-12,36H2,1-4H3/t14-,19-,25+,29+/m0/s1. The zero-order valence-electron chi connectivity index (χ0n) is 24.3. The third-order valence-corrected chi connectivity index (χ3v) is 9.70. The number of ether oxygens (including phenoxy) is 2. The van der Waals surface area contributed by atoms with E-state index in [1.165, 1.54) is 0 Å². The van der Waals surface area contributed by atoms with Gasteiger partial charge in [-0.1, -0.05) is 6.92 Å². The highest BCUT2D eigenvalue weighted by molar-refractivity contribution is 6.02. The molecule has 230 valence electrons. The minimum atomic E-state index is -5.24. The number of fused-ring (bicyclic) bond motifs is 5. The van der Waals surface area contributed by atoms with E-state index in [2.05, 4.69) is 31.8 Å². The molecule has 43 heavy (non-hydrogen) atoms. The van der Waals surface area contributed by atoms with E-state index in [0.717, 1.165) is 44.1 Å². The molecule has 4 aliphatic rings. The predicted molar refractivity (Wildman–Crippen MR) is 151 cm³/mol. The van der Waals surface area contributed by atoms with E-state index in [1.54, 1.807) is 6.92 Å². The topological polar surface area (TPSA) is 88.8 Å². The van der Waals surface area contributed by atoms with Gasteiger partial charge in [0.25, 0.3) is 0 Å². The number of hydrogen-bond acceptors (Lipinski definition) is 8. The van der Waals surface area contributed by atoms with Gasteiger partial charge < -0.3 is 30.3 Å². The van der Waals surface area contributed by atoms with Gasteiger partial charge >= 0.3 is 6.36 Å². The molecule has 2 aromatic heterocycles. The van der Waals surface area contributed by atoms with Crippen LogP contribution in [0.25, 0.3) is 22.0 Å². The lowest BCUT2D eigenvalue weighted by molar-refractivity contribution is -0.275. The van der Waals surface area contributed by atoms with Crippen LogP contribution < -0.4 is 25.4 Å². The van der Waals surface area contributed by atoms with E-state index in [9.17, 15) is 17.6 Å². The van der Waals surface area contributed by atoms with Crippen molar-refractivity contribution in [2.75, 3.05) is 37.3 Å². The fourth-order valence-corrected chi connectivity index (χ4v) is 7.67. The second-order valence-corrected chi connectivity index (χ2v) is 12.5. The first-order valence-corrected chi connectivity index (χ1v) is 14.6. The number of likely N-dealkylation sites (tertiary alicyclic amines) is 1. The molecule has 0 amide bonds. The largest absolute Gasteiger partial charge is 0.573 e. The van der Waals surface area contributed by atoms with Crippen LogP contribution in [0.3, 0.4) is 0 Å². The van der Waals surface area contributed by atoms with Crippen LogP contribution in [0.5, 0.6) is 11.6 Å². The molecule has 3 saturated heterocycles. The highest BCUT2D eigenvalue weighted by Gasteiger charge is 2.53. The predicted octanol–water partition coefficient (Wildman–Crippen LogP) is 5.26. The molecule has 13 heteroatoms. The number of nitrogens with one attached hydrogen (secondary N) is 1. The number of nitrogens with two attached hydrogens (primary N) is 1. The van der Waals surface area contributed by atoms with Gasteiger partial charge in [0.2, 0.25) is 5.88 Å². The third-order valence-electron chi connectivity index (χ3n) is 9.70. The maximum Gasteiger partial charge on any atom is 0.573 e. The summed E-state index contributed by atoms with van der Waals surface area (Å²) >= 11 is 0. The molecule has 2 bridgehead atoms. The Morgan fingerprint density at radius 1 is 1.19 bits per heavy atom. The molecule has 6 heterocycles. The summed E-state index contributed by atoms with van der Waals surface area (Å²) in [6.07, 6.45) is -2.85. The number of halogens is 5. The molecule has 0 spiro atoms. The molecule has 1 aromatic carbocycles. The average Bonchev–Trinajstić information content (AvgIpc) is 3.20. The van der Waals surface area contributed by atoms with Crippen molar-refractivity contribution in [3.63, 3.8) is 0 Å². The van der Waals surface area contributed by atoms with Crippen LogP contribution in [0.1, 0.15) is 50.3 Å². The van der Waals surface area contributed by atoms with E-state index in [0.29, 0.717) is 29.4 Å². The summed E-state index contributed by atoms with van der Waals surface area (Å²) in [6, 6.07) is 1.67. The Labute approximate surface area is 245 Å². The van der Waals surface area contributed by atoms with Crippen LogP contribution in [0.15, 0.2) is 12.1 Å². The fourth-order valence-electron chi connectivity index (χ4n) is 7.67. The Balaban J connectivity index is 1.52. The van der Waals surface area contributed by atoms with Gasteiger partial charge in [-0.15, -0.1) is 13.2 Å². The van der Waals surface area contributed by atoms with Gasteiger partial charge in [0, 0.05) is 54.3 Å². The normalized spacial score (nSPS) is 27.1. The smallest absolute Gasteiger partial charge is 0.472 e. The van der Waals surface area contributed by atoms with E-state index in [4.69, 9.17) is 15.5 Å².